The fourth-order valence-electron chi connectivity index (χ4n) is 5.26. The maximum Gasteiger partial charge on any atom is 0.272 e. The monoisotopic (exact) mass is 419 g/mol. The average molecular weight is 420 g/mol. The lowest BCUT2D eigenvalue weighted by Crippen LogP contribution is -2.45. The van der Waals surface area contributed by atoms with Crippen LogP contribution in [0.25, 0.3) is 0 Å². The molecule has 0 spiro atoms. The number of hydrogen-bond acceptors (Lipinski definition) is 3. The van der Waals surface area contributed by atoms with Crippen molar-refractivity contribution >= 4 is 5.91 Å². The topological polar surface area (TPSA) is 36.4 Å². The Labute approximate surface area is 187 Å². The summed E-state index contributed by atoms with van der Waals surface area (Å²) in [5, 5.41) is 0. The van der Waals surface area contributed by atoms with Crippen LogP contribution in [0, 0.1) is 19.8 Å². The van der Waals surface area contributed by atoms with Gasteiger partial charge < -0.3 is 9.80 Å². The van der Waals surface area contributed by atoms with Gasteiger partial charge in [0.2, 0.25) is 0 Å². The number of carbonyl (C=O) groups is 1. The summed E-state index contributed by atoms with van der Waals surface area (Å²) in [5.41, 5.74) is 4.39. The molecule has 1 aromatic heterocycles. The van der Waals surface area contributed by atoms with Crippen molar-refractivity contribution in [1.82, 2.24) is 14.8 Å². The van der Waals surface area contributed by atoms with Gasteiger partial charge in [0, 0.05) is 24.8 Å². The summed E-state index contributed by atoms with van der Waals surface area (Å²) in [5.74, 6) is 0.738. The van der Waals surface area contributed by atoms with E-state index in [1.54, 1.807) is 0 Å². The first-order chi connectivity index (χ1) is 15.1. The molecule has 2 aromatic rings. The Morgan fingerprint density at radius 1 is 1.00 bits per heavy atom. The van der Waals surface area contributed by atoms with E-state index in [9.17, 15) is 4.79 Å². The molecule has 2 aliphatic rings. The highest BCUT2D eigenvalue weighted by Crippen LogP contribution is 2.28. The molecule has 4 rings (SSSR count). The van der Waals surface area contributed by atoms with Crippen LogP contribution in [0.5, 0.6) is 0 Å². The van der Waals surface area contributed by atoms with E-state index in [0.29, 0.717) is 17.7 Å². The van der Waals surface area contributed by atoms with Crippen molar-refractivity contribution in [2.24, 2.45) is 5.92 Å². The van der Waals surface area contributed by atoms with Crippen LogP contribution in [-0.4, -0.2) is 52.9 Å². The highest BCUT2D eigenvalue weighted by Gasteiger charge is 2.31. The van der Waals surface area contributed by atoms with Gasteiger partial charge in [-0.05, 0) is 88.2 Å². The summed E-state index contributed by atoms with van der Waals surface area (Å²) in [6.07, 6.45) is 8.28. The fourth-order valence-corrected chi connectivity index (χ4v) is 5.26. The summed E-state index contributed by atoms with van der Waals surface area (Å²) in [6, 6.07) is 14.9. The molecule has 0 unspecified atom stereocenters. The van der Waals surface area contributed by atoms with E-state index in [1.165, 1.54) is 36.8 Å². The molecule has 1 saturated carbocycles. The standard InChI is InChI=1S/C27H37N3O/c1-21-8-3-4-10-24(21)16-19-29-17-14-23(15-18-29)20-30(25-11-5-6-12-25)27(31)26-13-7-9-22(2)28-26/h3-4,7-10,13,23,25H,5-6,11-12,14-20H2,1-2H3. The number of piperidine rings is 1. The van der Waals surface area contributed by atoms with Gasteiger partial charge in [0.1, 0.15) is 5.69 Å². The molecule has 4 heteroatoms. The second kappa shape index (κ2) is 10.4. The Morgan fingerprint density at radius 3 is 2.45 bits per heavy atom. The lowest BCUT2D eigenvalue weighted by Gasteiger charge is -2.37. The van der Waals surface area contributed by atoms with E-state index >= 15 is 0 Å². The van der Waals surface area contributed by atoms with E-state index < -0.39 is 0 Å². The maximum absolute atomic E-state index is 13.4. The van der Waals surface area contributed by atoms with Gasteiger partial charge in [-0.15, -0.1) is 0 Å². The summed E-state index contributed by atoms with van der Waals surface area (Å²) < 4.78 is 0. The summed E-state index contributed by atoms with van der Waals surface area (Å²) >= 11 is 0. The maximum atomic E-state index is 13.4. The zero-order valence-electron chi connectivity index (χ0n) is 19.2. The lowest BCUT2D eigenvalue weighted by molar-refractivity contribution is 0.0592. The second-order valence-corrected chi connectivity index (χ2v) is 9.52. The number of carbonyl (C=O) groups excluding carboxylic acids is 1. The van der Waals surface area contributed by atoms with Crippen molar-refractivity contribution in [1.29, 1.82) is 0 Å². The largest absolute Gasteiger partial charge is 0.334 e. The number of amides is 1. The fraction of sp³-hybridized carbons (Fsp3) is 0.556. The van der Waals surface area contributed by atoms with Crippen molar-refractivity contribution in [2.75, 3.05) is 26.2 Å². The molecule has 1 aromatic carbocycles. The number of aromatic nitrogens is 1. The molecule has 4 nitrogen and oxygen atoms in total. The molecule has 0 atom stereocenters. The van der Waals surface area contributed by atoms with E-state index in [-0.39, 0.29) is 5.91 Å². The third-order valence-electron chi connectivity index (χ3n) is 7.25. The van der Waals surface area contributed by atoms with Gasteiger partial charge in [0.05, 0.1) is 0 Å². The minimum atomic E-state index is 0.137. The van der Waals surface area contributed by atoms with E-state index in [4.69, 9.17) is 0 Å². The Bertz CT molecular complexity index is 866. The van der Waals surface area contributed by atoms with E-state index in [0.717, 1.165) is 51.1 Å². The number of hydrogen-bond donors (Lipinski definition) is 0. The third kappa shape index (κ3) is 5.74. The van der Waals surface area contributed by atoms with Crippen LogP contribution < -0.4 is 0 Å². The van der Waals surface area contributed by atoms with Crippen molar-refractivity contribution < 1.29 is 4.79 Å². The molecule has 1 saturated heterocycles. The first-order valence-electron chi connectivity index (χ1n) is 12.1. The van der Waals surface area contributed by atoms with Crippen LogP contribution in [0.15, 0.2) is 42.5 Å². The first kappa shape index (κ1) is 22.0. The minimum Gasteiger partial charge on any atom is -0.334 e. The normalized spacial score (nSPS) is 18.4. The predicted molar refractivity (Wildman–Crippen MR) is 126 cm³/mol. The lowest BCUT2D eigenvalue weighted by atomic mass is 9.94. The van der Waals surface area contributed by atoms with Gasteiger partial charge >= 0.3 is 0 Å². The van der Waals surface area contributed by atoms with Crippen LogP contribution in [0.3, 0.4) is 0 Å². The molecular formula is C27H37N3O. The number of pyridine rings is 1. The molecule has 2 heterocycles. The molecule has 166 valence electrons. The Balaban J connectivity index is 1.33. The van der Waals surface area contributed by atoms with Gasteiger partial charge in [-0.3, -0.25) is 4.79 Å². The first-order valence-corrected chi connectivity index (χ1v) is 12.1. The SMILES string of the molecule is Cc1cccc(C(=O)N(CC2CCN(CCc3ccccc3C)CC2)C2CCCC2)n1. The van der Waals surface area contributed by atoms with Crippen molar-refractivity contribution in [3.05, 3.63) is 65.0 Å². The number of likely N-dealkylation sites (tertiary alicyclic amines) is 1. The zero-order valence-corrected chi connectivity index (χ0v) is 19.2. The second-order valence-electron chi connectivity index (χ2n) is 9.52. The number of benzene rings is 1. The summed E-state index contributed by atoms with van der Waals surface area (Å²) in [4.78, 5) is 22.7. The van der Waals surface area contributed by atoms with Crippen LogP contribution in [0.2, 0.25) is 0 Å². The van der Waals surface area contributed by atoms with E-state index in [1.807, 2.05) is 25.1 Å². The Hall–Kier alpha value is -2.20. The van der Waals surface area contributed by atoms with Gasteiger partial charge in [-0.1, -0.05) is 43.2 Å². The van der Waals surface area contributed by atoms with Crippen LogP contribution >= 0.6 is 0 Å². The predicted octanol–water partition coefficient (Wildman–Crippen LogP) is 5.04. The average Bonchev–Trinajstić information content (AvgIpc) is 3.32. The molecule has 31 heavy (non-hydrogen) atoms. The molecular weight excluding hydrogens is 382 g/mol. The molecule has 2 fully saturated rings. The van der Waals surface area contributed by atoms with Crippen LogP contribution in [0.4, 0.5) is 0 Å². The Morgan fingerprint density at radius 2 is 1.74 bits per heavy atom. The van der Waals surface area contributed by atoms with Crippen molar-refractivity contribution in [3.63, 3.8) is 0 Å². The summed E-state index contributed by atoms with van der Waals surface area (Å²) in [7, 11) is 0. The van der Waals surface area contributed by atoms with E-state index in [2.05, 4.69) is 46.0 Å². The van der Waals surface area contributed by atoms with Crippen molar-refractivity contribution in [3.8, 4) is 0 Å². The Kier molecular flexibility index (Phi) is 7.39. The number of nitrogens with zero attached hydrogens (tertiary/aromatic N) is 3. The van der Waals surface area contributed by atoms with Gasteiger partial charge in [0.15, 0.2) is 0 Å². The molecule has 1 aliphatic carbocycles. The molecule has 1 amide bonds. The smallest absolute Gasteiger partial charge is 0.272 e. The number of rotatable bonds is 7. The molecule has 0 bridgehead atoms. The third-order valence-corrected chi connectivity index (χ3v) is 7.25. The highest BCUT2D eigenvalue weighted by atomic mass is 16.2. The van der Waals surface area contributed by atoms with Crippen LogP contribution in [0.1, 0.15) is 65.8 Å². The quantitative estimate of drug-likeness (QED) is 0.631. The van der Waals surface area contributed by atoms with Crippen LogP contribution in [-0.2, 0) is 6.42 Å². The molecule has 0 N–H and O–H groups in total. The zero-order chi connectivity index (χ0) is 21.6. The van der Waals surface area contributed by atoms with Crippen molar-refractivity contribution in [2.45, 2.75) is 64.8 Å². The summed E-state index contributed by atoms with van der Waals surface area (Å²) in [6.45, 7) is 8.49. The number of aryl methyl sites for hydroxylation is 2. The molecule has 1 aliphatic heterocycles. The van der Waals surface area contributed by atoms with Gasteiger partial charge in [-0.2, -0.15) is 0 Å². The van der Waals surface area contributed by atoms with Gasteiger partial charge in [0.25, 0.3) is 5.91 Å². The van der Waals surface area contributed by atoms with Gasteiger partial charge in [-0.25, -0.2) is 4.98 Å². The minimum absolute atomic E-state index is 0.137. The highest BCUT2D eigenvalue weighted by molar-refractivity contribution is 5.92. The molecule has 0 radical (unpaired) electrons.